The first kappa shape index (κ1) is 15.6. The zero-order chi connectivity index (χ0) is 17.1. The van der Waals surface area contributed by atoms with Gasteiger partial charge in [-0.3, -0.25) is 4.79 Å². The summed E-state index contributed by atoms with van der Waals surface area (Å²) in [6, 6.07) is 15.0. The molecule has 0 saturated heterocycles. The van der Waals surface area contributed by atoms with Gasteiger partial charge in [-0.25, -0.2) is 0 Å². The molecule has 120 valence electrons. The Morgan fingerprint density at radius 2 is 1.79 bits per heavy atom. The highest BCUT2D eigenvalue weighted by atomic mass is 16.1. The maximum absolute atomic E-state index is 11.5. The quantitative estimate of drug-likeness (QED) is 0.716. The number of hydrogen-bond acceptors (Lipinski definition) is 6. The van der Waals surface area contributed by atoms with E-state index in [9.17, 15) is 4.79 Å². The number of hydrogen-bond donors (Lipinski definition) is 2. The summed E-state index contributed by atoms with van der Waals surface area (Å²) in [5.74, 6) is 0.870. The third kappa shape index (κ3) is 3.55. The topological polar surface area (TPSA) is 93.8 Å². The Morgan fingerprint density at radius 3 is 2.50 bits per heavy atom. The van der Waals surface area contributed by atoms with Gasteiger partial charge >= 0.3 is 0 Å². The van der Waals surface area contributed by atoms with Gasteiger partial charge in [-0.15, -0.1) is 0 Å². The van der Waals surface area contributed by atoms with Crippen LogP contribution in [0.5, 0.6) is 0 Å². The highest BCUT2D eigenvalue weighted by Gasteiger charge is 2.09. The number of carbonyl (C=O) groups excluding carboxylic acids is 1. The molecule has 3 N–H and O–H groups in total. The third-order valence-electron chi connectivity index (χ3n) is 3.49. The van der Waals surface area contributed by atoms with Gasteiger partial charge in [-0.1, -0.05) is 35.9 Å². The Labute approximate surface area is 139 Å². The molecule has 0 aliphatic heterocycles. The van der Waals surface area contributed by atoms with Crippen LogP contribution in [0, 0.1) is 6.92 Å². The maximum Gasteiger partial charge on any atom is 0.232 e. The zero-order valence-corrected chi connectivity index (χ0v) is 13.4. The molecule has 3 rings (SSSR count). The number of nitrogens with one attached hydrogen (secondary N) is 1. The number of ketones is 1. The van der Waals surface area contributed by atoms with E-state index in [1.807, 2.05) is 37.3 Å². The van der Waals surface area contributed by atoms with Crippen LogP contribution in [0.25, 0.3) is 11.4 Å². The van der Waals surface area contributed by atoms with Crippen molar-refractivity contribution in [2.24, 2.45) is 0 Å². The molecule has 3 aromatic rings. The molecule has 0 unspecified atom stereocenters. The minimum absolute atomic E-state index is 0.0168. The normalized spacial score (nSPS) is 10.4. The maximum atomic E-state index is 11.5. The lowest BCUT2D eigenvalue weighted by Gasteiger charge is -2.08. The lowest BCUT2D eigenvalue weighted by molar-refractivity contribution is 0.101. The van der Waals surface area contributed by atoms with Gasteiger partial charge in [0.2, 0.25) is 11.9 Å². The minimum Gasteiger partial charge on any atom is -0.368 e. The minimum atomic E-state index is -0.0168. The van der Waals surface area contributed by atoms with Gasteiger partial charge in [0.25, 0.3) is 0 Å². The van der Waals surface area contributed by atoms with E-state index in [-0.39, 0.29) is 11.7 Å². The predicted molar refractivity (Wildman–Crippen MR) is 94.1 cm³/mol. The fourth-order valence-corrected chi connectivity index (χ4v) is 2.22. The van der Waals surface area contributed by atoms with Crippen molar-refractivity contribution in [1.82, 2.24) is 15.0 Å². The van der Waals surface area contributed by atoms with E-state index in [2.05, 4.69) is 20.3 Å². The van der Waals surface area contributed by atoms with Crippen LogP contribution in [-0.2, 0) is 0 Å². The van der Waals surface area contributed by atoms with E-state index in [0.29, 0.717) is 22.9 Å². The second kappa shape index (κ2) is 6.45. The van der Waals surface area contributed by atoms with Gasteiger partial charge in [-0.2, -0.15) is 15.0 Å². The zero-order valence-electron chi connectivity index (χ0n) is 13.4. The van der Waals surface area contributed by atoms with Crippen molar-refractivity contribution in [3.8, 4) is 11.4 Å². The van der Waals surface area contributed by atoms with Crippen LogP contribution in [0.4, 0.5) is 17.6 Å². The first-order chi connectivity index (χ1) is 11.5. The van der Waals surface area contributed by atoms with E-state index in [4.69, 9.17) is 5.73 Å². The summed E-state index contributed by atoms with van der Waals surface area (Å²) in [6.45, 7) is 3.54. The molecule has 24 heavy (non-hydrogen) atoms. The van der Waals surface area contributed by atoms with Crippen LogP contribution in [0.3, 0.4) is 0 Å². The fraction of sp³-hybridized carbons (Fsp3) is 0.111. The summed E-state index contributed by atoms with van der Waals surface area (Å²) >= 11 is 0. The summed E-state index contributed by atoms with van der Waals surface area (Å²) in [7, 11) is 0. The van der Waals surface area contributed by atoms with Gasteiger partial charge in [0.1, 0.15) is 0 Å². The SMILES string of the molecule is CC(=O)c1cccc(-c2nc(N)nc(Nc3ccc(C)cc3)n2)c1. The standard InChI is InChI=1S/C18H17N5O/c1-11-6-8-15(9-7-11)20-18-22-16(21-17(19)23-18)14-5-3-4-13(10-14)12(2)24/h3-10H,1-2H3,(H3,19,20,21,22,23). The Bertz CT molecular complexity index is 890. The number of nitrogen functional groups attached to an aromatic ring is 1. The Morgan fingerprint density at radius 1 is 1.04 bits per heavy atom. The summed E-state index contributed by atoms with van der Waals surface area (Å²) < 4.78 is 0. The average Bonchev–Trinajstić information content (AvgIpc) is 2.56. The predicted octanol–water partition coefficient (Wildman–Crippen LogP) is 3.38. The van der Waals surface area contributed by atoms with E-state index in [1.165, 1.54) is 6.92 Å². The first-order valence-electron chi connectivity index (χ1n) is 7.48. The molecule has 0 fully saturated rings. The van der Waals surface area contributed by atoms with Crippen molar-refractivity contribution < 1.29 is 4.79 Å². The number of aryl methyl sites for hydroxylation is 1. The molecule has 0 atom stereocenters. The van der Waals surface area contributed by atoms with Crippen LogP contribution in [0.1, 0.15) is 22.8 Å². The van der Waals surface area contributed by atoms with Crippen molar-refractivity contribution in [3.05, 3.63) is 59.7 Å². The molecule has 1 aromatic heterocycles. The lowest BCUT2D eigenvalue weighted by atomic mass is 10.1. The monoisotopic (exact) mass is 319 g/mol. The average molecular weight is 319 g/mol. The molecular formula is C18H17N5O. The number of aromatic nitrogens is 3. The van der Waals surface area contributed by atoms with Crippen LogP contribution in [-0.4, -0.2) is 20.7 Å². The highest BCUT2D eigenvalue weighted by molar-refractivity contribution is 5.95. The van der Waals surface area contributed by atoms with Gasteiger partial charge in [-0.05, 0) is 32.0 Å². The number of nitrogens with two attached hydrogens (primary N) is 1. The second-order valence-electron chi connectivity index (χ2n) is 5.47. The van der Waals surface area contributed by atoms with Gasteiger partial charge < -0.3 is 11.1 Å². The van der Waals surface area contributed by atoms with Crippen LogP contribution < -0.4 is 11.1 Å². The molecule has 0 amide bonds. The highest BCUT2D eigenvalue weighted by Crippen LogP contribution is 2.20. The van der Waals surface area contributed by atoms with E-state index >= 15 is 0 Å². The Hall–Kier alpha value is -3.28. The smallest absolute Gasteiger partial charge is 0.232 e. The first-order valence-corrected chi connectivity index (χ1v) is 7.48. The number of benzene rings is 2. The largest absolute Gasteiger partial charge is 0.368 e. The van der Waals surface area contributed by atoms with E-state index in [0.717, 1.165) is 11.3 Å². The van der Waals surface area contributed by atoms with Gasteiger partial charge in [0.15, 0.2) is 11.6 Å². The fourth-order valence-electron chi connectivity index (χ4n) is 2.22. The van der Waals surface area contributed by atoms with Crippen molar-refractivity contribution in [3.63, 3.8) is 0 Å². The van der Waals surface area contributed by atoms with Crippen LogP contribution >= 0.6 is 0 Å². The van der Waals surface area contributed by atoms with Crippen molar-refractivity contribution in [2.45, 2.75) is 13.8 Å². The Balaban J connectivity index is 1.95. The summed E-state index contributed by atoms with van der Waals surface area (Å²) in [4.78, 5) is 24.2. The summed E-state index contributed by atoms with van der Waals surface area (Å²) in [5, 5.41) is 3.11. The van der Waals surface area contributed by atoms with Gasteiger partial charge in [0.05, 0.1) is 0 Å². The molecule has 0 saturated carbocycles. The third-order valence-corrected chi connectivity index (χ3v) is 3.49. The molecule has 1 heterocycles. The molecule has 0 radical (unpaired) electrons. The molecule has 6 heteroatoms. The summed E-state index contributed by atoms with van der Waals surface area (Å²) in [6.07, 6.45) is 0. The van der Waals surface area contributed by atoms with Crippen molar-refractivity contribution in [2.75, 3.05) is 11.1 Å². The molecule has 2 aromatic carbocycles. The number of anilines is 3. The number of nitrogens with zero attached hydrogens (tertiary/aromatic N) is 3. The van der Waals surface area contributed by atoms with Crippen molar-refractivity contribution in [1.29, 1.82) is 0 Å². The van der Waals surface area contributed by atoms with Crippen LogP contribution in [0.15, 0.2) is 48.5 Å². The molecule has 0 aliphatic rings. The number of carbonyl (C=O) groups is 1. The molecule has 0 bridgehead atoms. The van der Waals surface area contributed by atoms with Crippen LogP contribution in [0.2, 0.25) is 0 Å². The summed E-state index contributed by atoms with van der Waals surface area (Å²) in [5.41, 5.74) is 9.13. The lowest BCUT2D eigenvalue weighted by Crippen LogP contribution is -2.05. The number of rotatable bonds is 4. The van der Waals surface area contributed by atoms with E-state index < -0.39 is 0 Å². The molecule has 0 aliphatic carbocycles. The number of Topliss-reactive ketones (excluding diaryl/α,β-unsaturated/α-hetero) is 1. The van der Waals surface area contributed by atoms with Crippen molar-refractivity contribution >= 4 is 23.4 Å². The molecule has 0 spiro atoms. The second-order valence-corrected chi connectivity index (χ2v) is 5.47. The Kier molecular flexibility index (Phi) is 4.20. The van der Waals surface area contributed by atoms with Gasteiger partial charge in [0, 0.05) is 16.8 Å². The molecule has 6 nitrogen and oxygen atoms in total. The molecular weight excluding hydrogens is 302 g/mol. The van der Waals surface area contributed by atoms with E-state index in [1.54, 1.807) is 18.2 Å².